The first-order valence-electron chi connectivity index (χ1n) is 7.70. The first-order chi connectivity index (χ1) is 10.9. The average molecular weight is 283 g/mol. The summed E-state index contributed by atoms with van der Waals surface area (Å²) in [6, 6.07) is 32.6. The highest BCUT2D eigenvalue weighted by Crippen LogP contribution is 2.33. The van der Waals surface area contributed by atoms with E-state index in [1.165, 1.54) is 27.8 Å². The summed E-state index contributed by atoms with van der Waals surface area (Å²) in [5.74, 6) is 0. The summed E-state index contributed by atoms with van der Waals surface area (Å²) in [4.78, 5) is 0. The maximum Gasteiger partial charge on any atom is -0.00735 e. The molecule has 0 aliphatic rings. The highest BCUT2D eigenvalue weighted by molar-refractivity contribution is 5.98. The third-order valence-electron chi connectivity index (χ3n) is 3.85. The molecule has 0 amide bonds. The van der Waals surface area contributed by atoms with Crippen molar-refractivity contribution >= 4 is 11.1 Å². The molecule has 0 spiro atoms. The van der Waals surface area contributed by atoms with Gasteiger partial charge in [0.15, 0.2) is 0 Å². The number of rotatable bonds is 4. The third kappa shape index (κ3) is 3.01. The van der Waals surface area contributed by atoms with Crippen LogP contribution in [0, 0.1) is 6.07 Å². The SMILES string of the molecule is CC/C(=C(/c1cc[c]cc1)c1ccccc1)c1ccccc1. The second kappa shape index (κ2) is 6.91. The van der Waals surface area contributed by atoms with Gasteiger partial charge in [0, 0.05) is 0 Å². The number of allylic oxidation sites excluding steroid dienone is 1. The quantitative estimate of drug-likeness (QED) is 0.526. The lowest BCUT2D eigenvalue weighted by atomic mass is 9.88. The fraction of sp³-hybridized carbons (Fsp3) is 0.0909. The van der Waals surface area contributed by atoms with Crippen molar-refractivity contribution in [1.29, 1.82) is 0 Å². The van der Waals surface area contributed by atoms with Crippen molar-refractivity contribution < 1.29 is 0 Å². The van der Waals surface area contributed by atoms with Crippen molar-refractivity contribution in [1.82, 2.24) is 0 Å². The van der Waals surface area contributed by atoms with Crippen molar-refractivity contribution in [3.63, 3.8) is 0 Å². The van der Waals surface area contributed by atoms with Crippen molar-refractivity contribution in [2.45, 2.75) is 13.3 Å². The van der Waals surface area contributed by atoms with E-state index in [4.69, 9.17) is 0 Å². The van der Waals surface area contributed by atoms with Crippen molar-refractivity contribution in [2.24, 2.45) is 0 Å². The molecule has 22 heavy (non-hydrogen) atoms. The Kier molecular flexibility index (Phi) is 4.50. The Labute approximate surface area is 132 Å². The molecule has 0 aromatic heterocycles. The van der Waals surface area contributed by atoms with Crippen LogP contribution in [0.15, 0.2) is 84.9 Å². The molecular formula is C22H19. The van der Waals surface area contributed by atoms with Gasteiger partial charge in [-0.05, 0) is 40.3 Å². The molecule has 0 aliphatic carbocycles. The molecule has 0 heteroatoms. The average Bonchev–Trinajstić information content (AvgIpc) is 2.62. The van der Waals surface area contributed by atoms with E-state index in [1.807, 2.05) is 12.1 Å². The standard InChI is InChI=1S/C22H19/c1-2-21(18-12-6-3-7-13-18)22(19-14-8-4-9-15-19)20-16-10-5-11-17-20/h3-4,6-17H,2H2,1H3/b22-21-. The lowest BCUT2D eigenvalue weighted by Crippen LogP contribution is -1.94. The molecule has 0 N–H and O–H groups in total. The van der Waals surface area contributed by atoms with Crippen LogP contribution in [0.5, 0.6) is 0 Å². The molecule has 0 saturated carbocycles. The van der Waals surface area contributed by atoms with Crippen LogP contribution in [0.4, 0.5) is 0 Å². The van der Waals surface area contributed by atoms with E-state index < -0.39 is 0 Å². The van der Waals surface area contributed by atoms with Gasteiger partial charge in [-0.2, -0.15) is 0 Å². The van der Waals surface area contributed by atoms with Gasteiger partial charge in [0.1, 0.15) is 0 Å². The number of hydrogen-bond acceptors (Lipinski definition) is 0. The van der Waals surface area contributed by atoms with Gasteiger partial charge < -0.3 is 0 Å². The summed E-state index contributed by atoms with van der Waals surface area (Å²) in [6.07, 6.45) is 0.993. The summed E-state index contributed by atoms with van der Waals surface area (Å²) < 4.78 is 0. The van der Waals surface area contributed by atoms with E-state index in [1.54, 1.807) is 0 Å². The van der Waals surface area contributed by atoms with Gasteiger partial charge in [0.25, 0.3) is 0 Å². The Balaban J connectivity index is 2.27. The minimum Gasteiger partial charge on any atom is -0.0622 e. The van der Waals surface area contributed by atoms with Gasteiger partial charge in [-0.25, -0.2) is 0 Å². The Morgan fingerprint density at radius 2 is 1.18 bits per heavy atom. The molecule has 0 aliphatic heterocycles. The summed E-state index contributed by atoms with van der Waals surface area (Å²) >= 11 is 0. The molecule has 0 nitrogen and oxygen atoms in total. The lowest BCUT2D eigenvalue weighted by Gasteiger charge is -2.16. The maximum atomic E-state index is 3.11. The van der Waals surface area contributed by atoms with Gasteiger partial charge >= 0.3 is 0 Å². The molecule has 0 atom stereocenters. The van der Waals surface area contributed by atoms with Gasteiger partial charge in [-0.3, -0.25) is 0 Å². The summed E-state index contributed by atoms with van der Waals surface area (Å²) in [7, 11) is 0. The van der Waals surface area contributed by atoms with E-state index in [9.17, 15) is 0 Å². The van der Waals surface area contributed by atoms with Gasteiger partial charge in [0.05, 0.1) is 0 Å². The first kappa shape index (κ1) is 14.3. The minimum atomic E-state index is 0.993. The normalized spacial score (nSPS) is 11.9. The van der Waals surface area contributed by atoms with E-state index >= 15 is 0 Å². The largest absolute Gasteiger partial charge is 0.0622 e. The van der Waals surface area contributed by atoms with Crippen LogP contribution in [-0.4, -0.2) is 0 Å². The van der Waals surface area contributed by atoms with Gasteiger partial charge in [-0.15, -0.1) is 0 Å². The fourth-order valence-corrected chi connectivity index (χ4v) is 2.84. The summed E-state index contributed by atoms with van der Waals surface area (Å²) in [6.45, 7) is 2.22. The molecule has 0 unspecified atom stereocenters. The monoisotopic (exact) mass is 283 g/mol. The molecule has 0 fully saturated rings. The second-order valence-electron chi connectivity index (χ2n) is 5.23. The highest BCUT2D eigenvalue weighted by Gasteiger charge is 2.12. The molecule has 3 aromatic carbocycles. The topological polar surface area (TPSA) is 0 Å². The van der Waals surface area contributed by atoms with E-state index in [0.717, 1.165) is 6.42 Å². The summed E-state index contributed by atoms with van der Waals surface area (Å²) in [5.41, 5.74) is 6.47. The van der Waals surface area contributed by atoms with Crippen LogP contribution in [0.25, 0.3) is 11.1 Å². The molecule has 0 saturated heterocycles. The zero-order chi connectivity index (χ0) is 15.2. The molecule has 3 rings (SSSR count). The Bertz CT molecular complexity index is 696. The first-order valence-corrected chi connectivity index (χ1v) is 7.70. The molecule has 3 aromatic rings. The smallest absolute Gasteiger partial charge is 0.00735 e. The zero-order valence-electron chi connectivity index (χ0n) is 12.8. The van der Waals surface area contributed by atoms with Gasteiger partial charge in [0.2, 0.25) is 0 Å². The number of benzene rings is 3. The Morgan fingerprint density at radius 1 is 0.682 bits per heavy atom. The third-order valence-corrected chi connectivity index (χ3v) is 3.85. The fourth-order valence-electron chi connectivity index (χ4n) is 2.84. The van der Waals surface area contributed by atoms with E-state index in [-0.39, 0.29) is 0 Å². The Morgan fingerprint density at radius 3 is 1.73 bits per heavy atom. The predicted octanol–water partition coefficient (Wildman–Crippen LogP) is 5.86. The van der Waals surface area contributed by atoms with Crippen LogP contribution in [0.2, 0.25) is 0 Å². The molecular weight excluding hydrogens is 264 g/mol. The minimum absolute atomic E-state index is 0.993. The molecule has 107 valence electrons. The van der Waals surface area contributed by atoms with E-state index in [0.29, 0.717) is 0 Å². The Hall–Kier alpha value is -2.60. The van der Waals surface area contributed by atoms with Crippen molar-refractivity contribution in [3.05, 3.63) is 108 Å². The van der Waals surface area contributed by atoms with Crippen LogP contribution >= 0.6 is 0 Å². The van der Waals surface area contributed by atoms with Crippen LogP contribution in [0.1, 0.15) is 30.0 Å². The van der Waals surface area contributed by atoms with Crippen LogP contribution in [-0.2, 0) is 0 Å². The lowest BCUT2D eigenvalue weighted by molar-refractivity contribution is 1.24. The molecule has 0 heterocycles. The van der Waals surface area contributed by atoms with Crippen molar-refractivity contribution in [3.8, 4) is 0 Å². The second-order valence-corrected chi connectivity index (χ2v) is 5.23. The predicted molar refractivity (Wildman–Crippen MR) is 94.4 cm³/mol. The molecule has 0 bridgehead atoms. The van der Waals surface area contributed by atoms with Crippen molar-refractivity contribution in [2.75, 3.05) is 0 Å². The van der Waals surface area contributed by atoms with Crippen LogP contribution < -0.4 is 0 Å². The zero-order valence-corrected chi connectivity index (χ0v) is 12.8. The summed E-state index contributed by atoms with van der Waals surface area (Å²) in [5, 5.41) is 0. The van der Waals surface area contributed by atoms with Crippen LogP contribution in [0.3, 0.4) is 0 Å². The maximum absolute atomic E-state index is 3.11. The van der Waals surface area contributed by atoms with Gasteiger partial charge in [-0.1, -0.05) is 91.9 Å². The highest BCUT2D eigenvalue weighted by atomic mass is 14.2. The number of hydrogen-bond donors (Lipinski definition) is 0. The molecule has 1 radical (unpaired) electrons. The van der Waals surface area contributed by atoms with E-state index in [2.05, 4.69) is 85.8 Å².